The van der Waals surface area contributed by atoms with E-state index in [-0.39, 0.29) is 5.91 Å². The molecule has 1 amide bonds. The molecule has 0 bridgehead atoms. The minimum absolute atomic E-state index is 0.288. The van der Waals surface area contributed by atoms with Gasteiger partial charge in [-0.05, 0) is 52.7 Å². The SMILES string of the molecule is CCCOc1c(Br)cc(C(=O)Nc2nc(-c3ccc4c(c3)OCCO4)cs2)cc1OC. The third-order valence-electron chi connectivity index (χ3n) is 4.50. The lowest BCUT2D eigenvalue weighted by Crippen LogP contribution is -2.15. The average molecular weight is 505 g/mol. The zero-order chi connectivity index (χ0) is 21.8. The van der Waals surface area contributed by atoms with Gasteiger partial charge in [-0.1, -0.05) is 6.92 Å². The summed E-state index contributed by atoms with van der Waals surface area (Å²) in [4.78, 5) is 17.3. The number of carbonyl (C=O) groups is 1. The van der Waals surface area contributed by atoms with E-state index < -0.39 is 0 Å². The summed E-state index contributed by atoms with van der Waals surface area (Å²) in [5.41, 5.74) is 2.07. The Morgan fingerprint density at radius 3 is 2.81 bits per heavy atom. The summed E-state index contributed by atoms with van der Waals surface area (Å²) in [5, 5.41) is 5.23. The summed E-state index contributed by atoms with van der Waals surface area (Å²) in [6.07, 6.45) is 0.869. The van der Waals surface area contributed by atoms with Crippen molar-refractivity contribution in [3.63, 3.8) is 0 Å². The molecule has 0 fully saturated rings. The van der Waals surface area contributed by atoms with E-state index in [1.54, 1.807) is 19.2 Å². The Balaban J connectivity index is 1.51. The van der Waals surface area contributed by atoms with E-state index in [1.807, 2.05) is 30.5 Å². The number of amides is 1. The molecule has 2 heterocycles. The van der Waals surface area contributed by atoms with Gasteiger partial charge in [0.1, 0.15) is 13.2 Å². The minimum atomic E-state index is -0.288. The number of aromatic nitrogens is 1. The normalized spacial score (nSPS) is 12.4. The maximum atomic E-state index is 12.8. The number of rotatable bonds is 7. The summed E-state index contributed by atoms with van der Waals surface area (Å²) in [6.45, 7) is 3.65. The van der Waals surface area contributed by atoms with Crippen molar-refractivity contribution < 1.29 is 23.7 Å². The number of ether oxygens (including phenoxy) is 4. The lowest BCUT2D eigenvalue weighted by Gasteiger charge is -2.18. The first-order chi connectivity index (χ1) is 15.1. The summed E-state index contributed by atoms with van der Waals surface area (Å²) in [6, 6.07) is 9.04. The first-order valence-electron chi connectivity index (χ1n) is 9.76. The van der Waals surface area contributed by atoms with Gasteiger partial charge in [-0.25, -0.2) is 4.98 Å². The van der Waals surface area contributed by atoms with Gasteiger partial charge in [0.15, 0.2) is 28.1 Å². The number of carbonyl (C=O) groups excluding carboxylic acids is 1. The average Bonchev–Trinajstić information content (AvgIpc) is 3.25. The van der Waals surface area contributed by atoms with Crippen molar-refractivity contribution >= 4 is 38.3 Å². The maximum absolute atomic E-state index is 12.8. The molecule has 1 N–H and O–H groups in total. The van der Waals surface area contributed by atoms with Gasteiger partial charge < -0.3 is 18.9 Å². The summed E-state index contributed by atoms with van der Waals surface area (Å²) < 4.78 is 23.0. The van der Waals surface area contributed by atoms with Crippen LogP contribution < -0.4 is 24.3 Å². The summed E-state index contributed by atoms with van der Waals surface area (Å²) in [5.74, 6) is 2.21. The number of nitrogens with zero attached hydrogens (tertiary/aromatic N) is 1. The molecule has 2 aromatic carbocycles. The van der Waals surface area contributed by atoms with Crippen LogP contribution in [-0.2, 0) is 0 Å². The van der Waals surface area contributed by atoms with Gasteiger partial charge in [0.2, 0.25) is 0 Å². The highest BCUT2D eigenvalue weighted by Gasteiger charge is 2.18. The lowest BCUT2D eigenvalue weighted by atomic mass is 10.1. The molecule has 0 saturated carbocycles. The number of hydrogen-bond donors (Lipinski definition) is 1. The van der Waals surface area contributed by atoms with Crippen molar-refractivity contribution in [3.05, 3.63) is 45.7 Å². The van der Waals surface area contributed by atoms with Crippen molar-refractivity contribution in [1.82, 2.24) is 4.98 Å². The van der Waals surface area contributed by atoms with E-state index in [0.29, 0.717) is 52.2 Å². The zero-order valence-electron chi connectivity index (χ0n) is 17.1. The van der Waals surface area contributed by atoms with Crippen LogP contribution in [0.2, 0.25) is 0 Å². The first kappa shape index (κ1) is 21.5. The molecule has 1 aromatic heterocycles. The van der Waals surface area contributed by atoms with E-state index in [0.717, 1.165) is 23.4 Å². The van der Waals surface area contributed by atoms with Crippen molar-refractivity contribution in [3.8, 4) is 34.3 Å². The van der Waals surface area contributed by atoms with Gasteiger partial charge in [0.05, 0.1) is 23.9 Å². The largest absolute Gasteiger partial charge is 0.493 e. The molecule has 0 aliphatic carbocycles. The van der Waals surface area contributed by atoms with E-state index in [4.69, 9.17) is 18.9 Å². The number of fused-ring (bicyclic) bond motifs is 1. The van der Waals surface area contributed by atoms with E-state index in [2.05, 4.69) is 26.2 Å². The van der Waals surface area contributed by atoms with Crippen LogP contribution in [0.25, 0.3) is 11.3 Å². The molecule has 0 saturated heterocycles. The first-order valence-corrected chi connectivity index (χ1v) is 11.4. The van der Waals surface area contributed by atoms with E-state index >= 15 is 0 Å². The van der Waals surface area contributed by atoms with Crippen LogP contribution in [0.5, 0.6) is 23.0 Å². The fraction of sp³-hybridized carbons (Fsp3) is 0.273. The molecule has 0 spiro atoms. The molecule has 0 unspecified atom stereocenters. The molecule has 4 rings (SSSR count). The lowest BCUT2D eigenvalue weighted by molar-refractivity contribution is 0.102. The second-order valence-corrected chi connectivity index (χ2v) is 8.40. The molecule has 7 nitrogen and oxygen atoms in total. The van der Waals surface area contributed by atoms with Crippen LogP contribution in [0.4, 0.5) is 5.13 Å². The van der Waals surface area contributed by atoms with Crippen LogP contribution in [0.1, 0.15) is 23.7 Å². The molecule has 162 valence electrons. The molecule has 1 aliphatic heterocycles. The van der Waals surface area contributed by atoms with Crippen LogP contribution in [0.3, 0.4) is 0 Å². The van der Waals surface area contributed by atoms with Crippen LogP contribution in [0.15, 0.2) is 40.2 Å². The molecule has 9 heteroatoms. The Hall–Kier alpha value is -2.78. The third kappa shape index (κ3) is 4.77. The van der Waals surface area contributed by atoms with Crippen LogP contribution in [0, 0.1) is 0 Å². The van der Waals surface area contributed by atoms with Gasteiger partial charge in [0.25, 0.3) is 5.91 Å². The van der Waals surface area contributed by atoms with E-state index in [1.165, 1.54) is 11.3 Å². The Morgan fingerprint density at radius 1 is 1.23 bits per heavy atom. The predicted molar refractivity (Wildman–Crippen MR) is 123 cm³/mol. The molecular weight excluding hydrogens is 484 g/mol. The second kappa shape index (κ2) is 9.57. The standard InChI is InChI=1S/C22H21BrN2O5S/c1-3-6-30-20-15(23)9-14(11-19(20)27-2)21(26)25-22-24-16(12-31-22)13-4-5-17-18(10-13)29-8-7-28-17/h4-5,9-12H,3,6-8H2,1-2H3,(H,24,25,26). The van der Waals surface area contributed by atoms with Crippen LogP contribution >= 0.6 is 27.3 Å². The highest BCUT2D eigenvalue weighted by molar-refractivity contribution is 9.10. The summed E-state index contributed by atoms with van der Waals surface area (Å²) in [7, 11) is 1.54. The number of benzene rings is 2. The fourth-order valence-electron chi connectivity index (χ4n) is 3.03. The molecule has 1 aliphatic rings. The molecule has 0 radical (unpaired) electrons. The smallest absolute Gasteiger partial charge is 0.257 e. The summed E-state index contributed by atoms with van der Waals surface area (Å²) >= 11 is 4.82. The van der Waals surface area contributed by atoms with E-state index in [9.17, 15) is 4.79 Å². The third-order valence-corrected chi connectivity index (χ3v) is 5.85. The maximum Gasteiger partial charge on any atom is 0.257 e. The Morgan fingerprint density at radius 2 is 2.03 bits per heavy atom. The van der Waals surface area contributed by atoms with Crippen molar-refractivity contribution in [2.75, 3.05) is 32.2 Å². The van der Waals surface area contributed by atoms with Gasteiger partial charge in [-0.2, -0.15) is 0 Å². The Bertz CT molecular complexity index is 1100. The van der Waals surface area contributed by atoms with Gasteiger partial charge in [-0.3, -0.25) is 10.1 Å². The number of halogens is 1. The van der Waals surface area contributed by atoms with Gasteiger partial charge in [-0.15, -0.1) is 11.3 Å². The minimum Gasteiger partial charge on any atom is -0.493 e. The number of hydrogen-bond acceptors (Lipinski definition) is 7. The quantitative estimate of drug-likeness (QED) is 0.464. The van der Waals surface area contributed by atoms with Crippen molar-refractivity contribution in [1.29, 1.82) is 0 Å². The van der Waals surface area contributed by atoms with Gasteiger partial charge in [0, 0.05) is 16.5 Å². The highest BCUT2D eigenvalue weighted by Crippen LogP contribution is 2.38. The number of methoxy groups -OCH3 is 1. The molecule has 0 atom stereocenters. The topological polar surface area (TPSA) is 78.9 Å². The number of nitrogens with one attached hydrogen (secondary N) is 1. The van der Waals surface area contributed by atoms with Crippen molar-refractivity contribution in [2.45, 2.75) is 13.3 Å². The van der Waals surface area contributed by atoms with Gasteiger partial charge >= 0.3 is 0 Å². The monoisotopic (exact) mass is 504 g/mol. The zero-order valence-corrected chi connectivity index (χ0v) is 19.5. The highest BCUT2D eigenvalue weighted by atomic mass is 79.9. The number of anilines is 1. The van der Waals surface area contributed by atoms with Crippen LogP contribution in [-0.4, -0.2) is 37.8 Å². The molecular formula is C22H21BrN2O5S. The number of thiazole rings is 1. The Kier molecular flexibility index (Phi) is 6.62. The molecule has 31 heavy (non-hydrogen) atoms. The second-order valence-electron chi connectivity index (χ2n) is 6.69. The van der Waals surface area contributed by atoms with Crippen molar-refractivity contribution in [2.24, 2.45) is 0 Å². The molecule has 3 aromatic rings. The Labute approximate surface area is 192 Å². The predicted octanol–water partition coefficient (Wildman–Crippen LogP) is 5.39. The fourth-order valence-corrected chi connectivity index (χ4v) is 4.30.